The maximum atomic E-state index is 14.0. The molecule has 0 radical (unpaired) electrons. The maximum absolute atomic E-state index is 14.0. The van der Waals surface area contributed by atoms with Crippen molar-refractivity contribution < 1.29 is 20.1 Å². The Morgan fingerprint density at radius 2 is 1.86 bits per heavy atom. The molecule has 206 valence electrons. The van der Waals surface area contributed by atoms with Crippen LogP contribution in [0.4, 0.5) is 0 Å². The minimum absolute atomic E-state index is 0.0714. The van der Waals surface area contributed by atoms with Gasteiger partial charge in [0.15, 0.2) is 5.78 Å². The summed E-state index contributed by atoms with van der Waals surface area (Å²) in [6.45, 7) is 5.49. The number of fused-ring (bicyclic) bond motifs is 8. The number of likely N-dealkylation sites (N-methyl/N-ethyl adjacent to an activating group) is 1. The Labute approximate surface area is 224 Å². The number of allylic oxidation sites excluding steroid dienone is 2. The molecule has 2 bridgehead atoms. The predicted octanol–water partition coefficient (Wildman–Crippen LogP) is 5.41. The fraction of sp³-hybridized carbons (Fsp3) is 0.719. The van der Waals surface area contributed by atoms with Gasteiger partial charge in [0, 0.05) is 30.0 Å². The molecular weight excluding hydrogens is 462 g/mol. The Hall–Kier alpha value is -1.53. The Bertz CT molecular complexity index is 968. The molecular formula is C32H49NO4. The topological polar surface area (TPSA) is 81.0 Å². The highest BCUT2D eigenvalue weighted by atomic mass is 16.3. The second-order valence-electron chi connectivity index (χ2n) is 12.6. The monoisotopic (exact) mass is 511 g/mol. The van der Waals surface area contributed by atoms with Gasteiger partial charge in [-0.2, -0.15) is 0 Å². The molecule has 0 aromatic heterocycles. The number of hydrogen-bond acceptors (Lipinski definition) is 5. The number of ketones is 1. The molecule has 3 N–H and O–H groups in total. The lowest BCUT2D eigenvalue weighted by atomic mass is 9.64. The van der Waals surface area contributed by atoms with E-state index in [1.165, 1.54) is 12.0 Å². The van der Waals surface area contributed by atoms with Gasteiger partial charge in [0.25, 0.3) is 0 Å². The normalized spacial score (nSPS) is 31.7. The Morgan fingerprint density at radius 1 is 1.11 bits per heavy atom. The second-order valence-corrected chi connectivity index (χ2v) is 12.6. The molecule has 5 rings (SSSR count). The van der Waals surface area contributed by atoms with Crippen molar-refractivity contribution in [2.75, 3.05) is 26.7 Å². The molecule has 4 atom stereocenters. The van der Waals surface area contributed by atoms with Gasteiger partial charge < -0.3 is 20.2 Å². The van der Waals surface area contributed by atoms with Crippen LogP contribution >= 0.6 is 0 Å². The van der Waals surface area contributed by atoms with E-state index in [0.717, 1.165) is 68.1 Å². The number of aliphatic hydroxyl groups excluding tert-OH is 2. The van der Waals surface area contributed by atoms with Crippen LogP contribution in [0, 0.1) is 11.3 Å². The van der Waals surface area contributed by atoms with E-state index in [-0.39, 0.29) is 24.2 Å². The summed E-state index contributed by atoms with van der Waals surface area (Å²) in [7, 11) is 1.97. The summed E-state index contributed by atoms with van der Waals surface area (Å²) in [5.41, 5.74) is 2.95. The molecule has 2 fully saturated rings. The van der Waals surface area contributed by atoms with Crippen molar-refractivity contribution in [1.82, 2.24) is 4.90 Å². The number of carbonyl (C=O) groups is 1. The highest BCUT2D eigenvalue weighted by Crippen LogP contribution is 2.58. The lowest BCUT2D eigenvalue weighted by Crippen LogP contribution is -2.52. The van der Waals surface area contributed by atoms with Gasteiger partial charge in [-0.05, 0) is 94.9 Å². The molecule has 1 aromatic rings. The van der Waals surface area contributed by atoms with E-state index in [9.17, 15) is 20.1 Å². The first-order valence-corrected chi connectivity index (χ1v) is 14.7. The predicted molar refractivity (Wildman–Crippen MR) is 149 cm³/mol. The van der Waals surface area contributed by atoms with Crippen LogP contribution in [0.3, 0.4) is 0 Å². The molecule has 1 aromatic carbocycles. The van der Waals surface area contributed by atoms with Gasteiger partial charge in [0.1, 0.15) is 0 Å². The molecule has 0 saturated heterocycles. The number of aliphatic hydroxyl groups is 3. The van der Waals surface area contributed by atoms with Crippen LogP contribution in [0.2, 0.25) is 0 Å². The highest BCUT2D eigenvalue weighted by Gasteiger charge is 2.57. The highest BCUT2D eigenvalue weighted by molar-refractivity contribution is 5.99. The minimum Gasteiger partial charge on any atom is -0.395 e. The van der Waals surface area contributed by atoms with Crippen molar-refractivity contribution >= 4 is 5.78 Å². The average molecular weight is 512 g/mol. The van der Waals surface area contributed by atoms with Crippen LogP contribution in [-0.4, -0.2) is 64.5 Å². The van der Waals surface area contributed by atoms with Crippen molar-refractivity contribution in [3.05, 3.63) is 46.5 Å². The molecule has 4 aliphatic rings. The lowest BCUT2D eigenvalue weighted by molar-refractivity contribution is -0.0810. The summed E-state index contributed by atoms with van der Waals surface area (Å²) in [6.07, 6.45) is 12.6. The standard InChI is InChI=1S/C32H49NO4/c1-23-8-7-16-31(2)29(15-17-32(31,37)22-33(3)18-19-34)27-14-12-24(20-26(35)13-11-23)21-28(27)30(36)25-9-5-4-6-10-25/h8,12,14,21,25-26,29,34-35,37H,4-7,9-11,13,15-20,22H2,1-3H3/t26-,29-,31-,32+/m0/s1. The van der Waals surface area contributed by atoms with Crippen molar-refractivity contribution in [3.8, 4) is 0 Å². The molecule has 5 nitrogen and oxygen atoms in total. The van der Waals surface area contributed by atoms with Gasteiger partial charge in [-0.1, -0.05) is 50.0 Å². The molecule has 37 heavy (non-hydrogen) atoms. The largest absolute Gasteiger partial charge is 0.395 e. The maximum Gasteiger partial charge on any atom is 0.166 e. The number of Topliss-reactive ketones (excluding diaryl/α,β-unsaturated/α-hetero) is 1. The van der Waals surface area contributed by atoms with Gasteiger partial charge in [-0.25, -0.2) is 0 Å². The first-order chi connectivity index (χ1) is 17.7. The van der Waals surface area contributed by atoms with Crippen LogP contribution < -0.4 is 0 Å². The number of benzene rings is 1. The zero-order valence-electron chi connectivity index (χ0n) is 23.3. The van der Waals surface area contributed by atoms with Crippen molar-refractivity contribution in [2.24, 2.45) is 11.3 Å². The van der Waals surface area contributed by atoms with E-state index >= 15 is 0 Å². The smallest absolute Gasteiger partial charge is 0.166 e. The van der Waals surface area contributed by atoms with E-state index in [1.54, 1.807) is 0 Å². The van der Waals surface area contributed by atoms with Crippen LogP contribution in [0.25, 0.3) is 0 Å². The Kier molecular flexibility index (Phi) is 9.32. The van der Waals surface area contributed by atoms with Crippen LogP contribution in [-0.2, 0) is 6.42 Å². The fourth-order valence-corrected chi connectivity index (χ4v) is 7.49. The number of hydrogen-bond donors (Lipinski definition) is 3. The van der Waals surface area contributed by atoms with Crippen molar-refractivity contribution in [2.45, 2.75) is 109 Å². The molecule has 0 spiro atoms. The number of nitrogens with zero attached hydrogens (tertiary/aromatic N) is 1. The zero-order chi connectivity index (χ0) is 26.6. The van der Waals surface area contributed by atoms with Gasteiger partial charge in [-0.3, -0.25) is 4.79 Å². The summed E-state index contributed by atoms with van der Waals surface area (Å²) in [5.74, 6) is 0.432. The van der Waals surface area contributed by atoms with Gasteiger partial charge in [0.05, 0.1) is 18.3 Å². The average Bonchev–Trinajstić information content (AvgIpc) is 3.12. The number of rotatable bonds is 6. The van der Waals surface area contributed by atoms with Crippen LogP contribution in [0.1, 0.15) is 112 Å². The van der Waals surface area contributed by atoms with Gasteiger partial charge in [0.2, 0.25) is 0 Å². The summed E-state index contributed by atoms with van der Waals surface area (Å²) in [6, 6.07) is 6.34. The van der Waals surface area contributed by atoms with E-state index in [4.69, 9.17) is 0 Å². The van der Waals surface area contributed by atoms with E-state index in [2.05, 4.69) is 38.1 Å². The summed E-state index contributed by atoms with van der Waals surface area (Å²) in [5, 5.41) is 32.5. The van der Waals surface area contributed by atoms with Gasteiger partial charge in [-0.15, -0.1) is 0 Å². The third kappa shape index (κ3) is 6.21. The molecule has 0 aliphatic heterocycles. The summed E-state index contributed by atoms with van der Waals surface area (Å²) in [4.78, 5) is 16.1. The summed E-state index contributed by atoms with van der Waals surface area (Å²) >= 11 is 0. The molecule has 4 aliphatic carbocycles. The molecule has 5 heteroatoms. The van der Waals surface area contributed by atoms with E-state index < -0.39 is 17.1 Å². The van der Waals surface area contributed by atoms with Gasteiger partial charge >= 0.3 is 0 Å². The fourth-order valence-electron chi connectivity index (χ4n) is 7.49. The summed E-state index contributed by atoms with van der Waals surface area (Å²) < 4.78 is 0. The molecule has 2 saturated carbocycles. The molecule has 0 unspecified atom stereocenters. The quantitative estimate of drug-likeness (QED) is 0.351. The second kappa shape index (κ2) is 12.1. The van der Waals surface area contributed by atoms with Crippen molar-refractivity contribution in [1.29, 1.82) is 0 Å². The van der Waals surface area contributed by atoms with Crippen LogP contribution in [0.5, 0.6) is 0 Å². The third-order valence-electron chi connectivity index (χ3n) is 9.93. The number of carbonyl (C=O) groups excluding carboxylic acids is 1. The van der Waals surface area contributed by atoms with E-state index in [1.807, 2.05) is 11.9 Å². The Balaban J connectivity index is 1.79. The van der Waals surface area contributed by atoms with E-state index in [0.29, 0.717) is 32.4 Å². The third-order valence-corrected chi connectivity index (χ3v) is 9.93. The minimum atomic E-state index is -0.902. The van der Waals surface area contributed by atoms with Crippen LogP contribution in [0.15, 0.2) is 29.8 Å². The lowest BCUT2D eigenvalue weighted by Gasteiger charge is -2.45. The molecule has 0 heterocycles. The van der Waals surface area contributed by atoms with Crippen molar-refractivity contribution in [3.63, 3.8) is 0 Å². The first-order valence-electron chi connectivity index (χ1n) is 14.7. The first kappa shape index (κ1) is 28.5. The zero-order valence-corrected chi connectivity index (χ0v) is 23.3. The molecule has 0 amide bonds. The SMILES string of the molecule is CC1=CCC[C@@]2(C)[C@@H](CC[C@@]2(O)CN(C)CCO)c2ccc(cc2C(=O)C2CCCCC2)C[C@@H](O)CC1. The Morgan fingerprint density at radius 3 is 2.59 bits per heavy atom.